The molecule has 0 radical (unpaired) electrons. The minimum Gasteiger partial charge on any atom is -0.423 e. The lowest BCUT2D eigenvalue weighted by Crippen LogP contribution is -2.46. The molecule has 1 atom stereocenters. The molecule has 0 saturated carbocycles. The van der Waals surface area contributed by atoms with E-state index >= 15 is 0 Å². The van der Waals surface area contributed by atoms with Crippen LogP contribution in [0.3, 0.4) is 0 Å². The van der Waals surface area contributed by atoms with Crippen LogP contribution in [0.1, 0.15) is 36.0 Å². The Labute approximate surface area is 154 Å². The average Bonchev–Trinajstić information content (AvgIpc) is 2.55. The lowest BCUT2D eigenvalue weighted by Gasteiger charge is -2.35. The van der Waals surface area contributed by atoms with Crippen LogP contribution in [0.15, 0.2) is 27.4 Å². The highest BCUT2D eigenvalue weighted by Gasteiger charge is 2.24. The molecular formula is C19H26N2O4S. The van der Waals surface area contributed by atoms with Crippen molar-refractivity contribution < 1.29 is 12.8 Å². The SMILES string of the molecule is Cc1cc2oc(=O)cc(CN3CCCC[C@@H]3CNS(C)(=O)=O)c2cc1C. The standard InChI is InChI=1S/C19H26N2O4S/c1-13-8-17-15(10-19(22)25-18(17)9-14(13)2)12-21-7-5-4-6-16(21)11-20-26(3,23)24/h8-10,16,20H,4-7,11-12H2,1-3H3/t16-/m1/s1. The van der Waals surface area contributed by atoms with E-state index in [4.69, 9.17) is 4.42 Å². The Kier molecular flexibility index (Phi) is 5.50. The number of piperidine rings is 1. The number of nitrogens with one attached hydrogen (secondary N) is 1. The van der Waals surface area contributed by atoms with Gasteiger partial charge in [0.1, 0.15) is 5.58 Å². The summed E-state index contributed by atoms with van der Waals surface area (Å²) in [6, 6.07) is 5.67. The molecule has 6 nitrogen and oxygen atoms in total. The third-order valence-electron chi connectivity index (χ3n) is 5.15. The predicted octanol–water partition coefficient (Wildman–Crippen LogP) is 2.31. The van der Waals surface area contributed by atoms with Crippen molar-refractivity contribution in [1.29, 1.82) is 0 Å². The third-order valence-corrected chi connectivity index (χ3v) is 5.84. The van der Waals surface area contributed by atoms with Gasteiger partial charge in [0.2, 0.25) is 10.0 Å². The molecule has 1 N–H and O–H groups in total. The molecule has 1 aromatic heterocycles. The summed E-state index contributed by atoms with van der Waals surface area (Å²) in [6.07, 6.45) is 4.29. The van der Waals surface area contributed by atoms with Gasteiger partial charge in [-0.05, 0) is 62.1 Å². The van der Waals surface area contributed by atoms with Gasteiger partial charge in [-0.15, -0.1) is 0 Å². The zero-order valence-corrected chi connectivity index (χ0v) is 16.4. The predicted molar refractivity (Wildman–Crippen MR) is 103 cm³/mol. The van der Waals surface area contributed by atoms with E-state index in [0.29, 0.717) is 18.7 Å². The molecule has 0 spiro atoms. The van der Waals surface area contributed by atoms with Gasteiger partial charge in [0.05, 0.1) is 6.26 Å². The van der Waals surface area contributed by atoms with Crippen molar-refractivity contribution in [2.45, 2.75) is 45.7 Å². The van der Waals surface area contributed by atoms with Crippen molar-refractivity contribution in [1.82, 2.24) is 9.62 Å². The minimum absolute atomic E-state index is 0.132. The van der Waals surface area contributed by atoms with Gasteiger partial charge in [0, 0.05) is 30.6 Å². The Morgan fingerprint density at radius 1 is 1.19 bits per heavy atom. The quantitative estimate of drug-likeness (QED) is 0.808. The summed E-state index contributed by atoms with van der Waals surface area (Å²) in [5.41, 5.74) is 3.44. The van der Waals surface area contributed by atoms with Crippen LogP contribution in [0.4, 0.5) is 0 Å². The van der Waals surface area contributed by atoms with Gasteiger partial charge in [0.15, 0.2) is 0 Å². The molecule has 0 bridgehead atoms. The number of likely N-dealkylation sites (tertiary alicyclic amines) is 1. The largest absolute Gasteiger partial charge is 0.423 e. The molecule has 1 fully saturated rings. The molecule has 7 heteroatoms. The third kappa shape index (κ3) is 4.52. The van der Waals surface area contributed by atoms with Gasteiger partial charge < -0.3 is 4.42 Å². The molecule has 1 aromatic carbocycles. The Morgan fingerprint density at radius 2 is 1.92 bits per heavy atom. The van der Waals surface area contributed by atoms with Gasteiger partial charge >= 0.3 is 5.63 Å². The van der Waals surface area contributed by atoms with E-state index in [1.807, 2.05) is 19.9 Å². The fourth-order valence-electron chi connectivity index (χ4n) is 3.58. The highest BCUT2D eigenvalue weighted by Crippen LogP contribution is 2.25. The Balaban J connectivity index is 1.90. The number of nitrogens with zero attached hydrogens (tertiary/aromatic N) is 1. The summed E-state index contributed by atoms with van der Waals surface area (Å²) in [5.74, 6) is 0. The molecule has 26 heavy (non-hydrogen) atoms. The number of benzene rings is 1. The average molecular weight is 378 g/mol. The molecule has 0 unspecified atom stereocenters. The van der Waals surface area contributed by atoms with Gasteiger partial charge in [0.25, 0.3) is 0 Å². The zero-order valence-electron chi connectivity index (χ0n) is 15.5. The molecular weight excluding hydrogens is 352 g/mol. The maximum atomic E-state index is 12.0. The number of aryl methyl sites for hydroxylation is 2. The number of sulfonamides is 1. The number of hydrogen-bond donors (Lipinski definition) is 1. The number of rotatable bonds is 5. The molecule has 1 aliphatic heterocycles. The molecule has 2 aromatic rings. The second-order valence-corrected chi connectivity index (χ2v) is 9.10. The maximum Gasteiger partial charge on any atom is 0.336 e. The summed E-state index contributed by atoms with van der Waals surface area (Å²) in [5, 5.41) is 0.952. The molecule has 3 rings (SSSR count). The van der Waals surface area contributed by atoms with Crippen molar-refractivity contribution >= 4 is 21.0 Å². The first kappa shape index (κ1) is 19.1. The Hall–Kier alpha value is -1.70. The minimum atomic E-state index is -3.21. The van der Waals surface area contributed by atoms with Crippen LogP contribution in [0.5, 0.6) is 0 Å². The van der Waals surface area contributed by atoms with Crippen molar-refractivity contribution in [2.75, 3.05) is 19.3 Å². The van der Waals surface area contributed by atoms with Crippen LogP contribution in [0.2, 0.25) is 0 Å². The van der Waals surface area contributed by atoms with E-state index in [0.717, 1.165) is 47.9 Å². The van der Waals surface area contributed by atoms with E-state index in [1.165, 1.54) is 6.26 Å². The van der Waals surface area contributed by atoms with E-state index in [1.54, 1.807) is 6.07 Å². The van der Waals surface area contributed by atoms with Crippen molar-refractivity contribution in [2.24, 2.45) is 0 Å². The van der Waals surface area contributed by atoms with Gasteiger partial charge in [-0.3, -0.25) is 4.90 Å². The smallest absolute Gasteiger partial charge is 0.336 e. The topological polar surface area (TPSA) is 79.6 Å². The fourth-order valence-corrected chi connectivity index (χ4v) is 4.07. The molecule has 2 heterocycles. The highest BCUT2D eigenvalue weighted by atomic mass is 32.2. The molecule has 142 valence electrons. The Bertz CT molecular complexity index is 965. The fraction of sp³-hybridized carbons (Fsp3) is 0.526. The summed E-state index contributed by atoms with van der Waals surface area (Å²) < 4.78 is 30.9. The Morgan fingerprint density at radius 3 is 2.65 bits per heavy atom. The first-order valence-electron chi connectivity index (χ1n) is 8.95. The summed E-state index contributed by atoms with van der Waals surface area (Å²) in [6.45, 7) is 5.95. The van der Waals surface area contributed by atoms with Gasteiger partial charge in [-0.2, -0.15) is 0 Å². The molecule has 0 amide bonds. The lowest BCUT2D eigenvalue weighted by atomic mass is 9.99. The van der Waals surface area contributed by atoms with Crippen LogP contribution >= 0.6 is 0 Å². The van der Waals surface area contributed by atoms with Crippen LogP contribution in [0.25, 0.3) is 11.0 Å². The summed E-state index contributed by atoms with van der Waals surface area (Å²) in [4.78, 5) is 14.3. The van der Waals surface area contributed by atoms with Crippen molar-refractivity contribution in [3.63, 3.8) is 0 Å². The first-order valence-corrected chi connectivity index (χ1v) is 10.8. The zero-order chi connectivity index (χ0) is 18.9. The van der Waals surface area contributed by atoms with E-state index in [-0.39, 0.29) is 11.7 Å². The van der Waals surface area contributed by atoms with Gasteiger partial charge in [-0.1, -0.05) is 6.42 Å². The maximum absolute atomic E-state index is 12.0. The lowest BCUT2D eigenvalue weighted by molar-refractivity contribution is 0.142. The number of fused-ring (bicyclic) bond motifs is 1. The van der Waals surface area contributed by atoms with Gasteiger partial charge in [-0.25, -0.2) is 17.9 Å². The van der Waals surface area contributed by atoms with E-state index in [2.05, 4.69) is 15.7 Å². The normalized spacial score (nSPS) is 19.1. The van der Waals surface area contributed by atoms with Crippen molar-refractivity contribution in [3.05, 3.63) is 45.3 Å². The summed E-state index contributed by atoms with van der Waals surface area (Å²) >= 11 is 0. The number of hydrogen-bond acceptors (Lipinski definition) is 5. The molecule has 1 aliphatic rings. The summed E-state index contributed by atoms with van der Waals surface area (Å²) in [7, 11) is -3.21. The van der Waals surface area contributed by atoms with Crippen LogP contribution in [-0.4, -0.2) is 38.7 Å². The molecule has 1 saturated heterocycles. The first-order chi connectivity index (χ1) is 12.2. The van der Waals surface area contributed by atoms with Crippen LogP contribution in [-0.2, 0) is 16.6 Å². The second-order valence-electron chi connectivity index (χ2n) is 7.26. The van der Waals surface area contributed by atoms with Crippen LogP contribution in [0, 0.1) is 13.8 Å². The van der Waals surface area contributed by atoms with E-state index in [9.17, 15) is 13.2 Å². The van der Waals surface area contributed by atoms with Crippen LogP contribution < -0.4 is 10.3 Å². The van der Waals surface area contributed by atoms with Crippen molar-refractivity contribution in [3.8, 4) is 0 Å². The second kappa shape index (κ2) is 7.50. The molecule has 0 aliphatic carbocycles. The highest BCUT2D eigenvalue weighted by molar-refractivity contribution is 7.88. The monoisotopic (exact) mass is 378 g/mol. The van der Waals surface area contributed by atoms with E-state index < -0.39 is 10.0 Å².